The van der Waals surface area contributed by atoms with Gasteiger partial charge in [-0.2, -0.15) is 0 Å². The maximum Gasteiger partial charge on any atom is 0.223 e. The van der Waals surface area contributed by atoms with Gasteiger partial charge in [-0.15, -0.1) is 0 Å². The van der Waals surface area contributed by atoms with Crippen LogP contribution >= 0.6 is 0 Å². The molecule has 2 rings (SSSR count). The second kappa shape index (κ2) is 6.43. The zero-order chi connectivity index (χ0) is 17.1. The number of Topliss-reactive ketones (excluding diaryl/α,β-unsaturated/α-hetero) is 2. The summed E-state index contributed by atoms with van der Waals surface area (Å²) >= 11 is 0. The van der Waals surface area contributed by atoms with Crippen molar-refractivity contribution in [1.82, 2.24) is 10.2 Å². The van der Waals surface area contributed by atoms with E-state index in [4.69, 9.17) is 5.73 Å². The van der Waals surface area contributed by atoms with Gasteiger partial charge < -0.3 is 16.0 Å². The largest absolute Gasteiger partial charge is 0.380 e. The number of hydrogen-bond donors (Lipinski definition) is 2. The van der Waals surface area contributed by atoms with E-state index in [-0.39, 0.29) is 41.4 Å². The molecule has 7 heteroatoms. The van der Waals surface area contributed by atoms with Gasteiger partial charge in [-0.05, 0) is 0 Å². The molecular formula is C16H17N3O4. The number of carbonyl (C=O) groups excluding carboxylic acids is 4. The number of primary amides is 1. The van der Waals surface area contributed by atoms with Gasteiger partial charge in [0.2, 0.25) is 23.4 Å². The molecule has 1 aromatic rings. The molecule has 0 heterocycles. The van der Waals surface area contributed by atoms with Crippen LogP contribution in [0, 0.1) is 0 Å². The fourth-order valence-corrected chi connectivity index (χ4v) is 2.31. The van der Waals surface area contributed by atoms with Crippen LogP contribution in [0.25, 0.3) is 0 Å². The van der Waals surface area contributed by atoms with E-state index in [1.807, 2.05) is 0 Å². The molecule has 7 nitrogen and oxygen atoms in total. The van der Waals surface area contributed by atoms with Crippen LogP contribution in [0.3, 0.4) is 0 Å². The lowest BCUT2D eigenvalue weighted by atomic mass is 9.89. The Labute approximate surface area is 133 Å². The standard InChI is InChI=1S/C16H17N3O4/c1-9(20)19(2)14-13(18-8-7-12(17)21)15(22)10-5-3-4-6-11(10)16(14)23/h3-6,18H,7-8H2,1-2H3,(H2,17,21). The molecule has 120 valence electrons. The third-order valence-electron chi connectivity index (χ3n) is 3.58. The predicted octanol–water partition coefficient (Wildman–Crippen LogP) is 0.221. The number of allylic oxidation sites excluding steroid dienone is 2. The van der Waals surface area contributed by atoms with Crippen LogP contribution in [0.2, 0.25) is 0 Å². The molecule has 1 aromatic carbocycles. The van der Waals surface area contributed by atoms with E-state index in [2.05, 4.69) is 5.32 Å². The molecule has 0 bridgehead atoms. The van der Waals surface area contributed by atoms with Crippen molar-refractivity contribution < 1.29 is 19.2 Å². The summed E-state index contributed by atoms with van der Waals surface area (Å²) in [5.41, 5.74) is 5.58. The first-order valence-corrected chi connectivity index (χ1v) is 7.03. The fraction of sp³-hybridized carbons (Fsp3) is 0.250. The summed E-state index contributed by atoms with van der Waals surface area (Å²) in [4.78, 5) is 49.0. The zero-order valence-electron chi connectivity index (χ0n) is 12.9. The quantitative estimate of drug-likeness (QED) is 0.808. The minimum Gasteiger partial charge on any atom is -0.380 e. The van der Waals surface area contributed by atoms with Gasteiger partial charge in [-0.1, -0.05) is 24.3 Å². The minimum atomic E-state index is -0.533. The van der Waals surface area contributed by atoms with Gasteiger partial charge in [0.05, 0.1) is 0 Å². The van der Waals surface area contributed by atoms with Crippen molar-refractivity contribution in [3.05, 3.63) is 46.8 Å². The molecule has 0 spiro atoms. The molecular weight excluding hydrogens is 298 g/mol. The lowest BCUT2D eigenvalue weighted by Crippen LogP contribution is -2.39. The Hall–Kier alpha value is -2.96. The predicted molar refractivity (Wildman–Crippen MR) is 82.4 cm³/mol. The summed E-state index contributed by atoms with van der Waals surface area (Å²) in [6.45, 7) is 1.40. The van der Waals surface area contributed by atoms with Crippen LogP contribution in [0.4, 0.5) is 0 Å². The van der Waals surface area contributed by atoms with Crippen LogP contribution in [0.15, 0.2) is 35.7 Å². The van der Waals surface area contributed by atoms with E-state index in [1.165, 1.54) is 14.0 Å². The Morgan fingerprint density at radius 2 is 1.70 bits per heavy atom. The van der Waals surface area contributed by atoms with E-state index in [0.717, 1.165) is 4.90 Å². The van der Waals surface area contributed by atoms with E-state index >= 15 is 0 Å². The molecule has 1 aliphatic carbocycles. The maximum atomic E-state index is 12.7. The molecule has 1 aliphatic rings. The number of nitrogens with two attached hydrogens (primary N) is 1. The van der Waals surface area contributed by atoms with Crippen LogP contribution < -0.4 is 11.1 Å². The van der Waals surface area contributed by atoms with E-state index in [1.54, 1.807) is 24.3 Å². The van der Waals surface area contributed by atoms with Crippen molar-refractivity contribution in [2.24, 2.45) is 5.73 Å². The summed E-state index contributed by atoms with van der Waals surface area (Å²) < 4.78 is 0. The van der Waals surface area contributed by atoms with Crippen molar-refractivity contribution in [3.63, 3.8) is 0 Å². The van der Waals surface area contributed by atoms with E-state index < -0.39 is 17.5 Å². The monoisotopic (exact) mass is 315 g/mol. The number of rotatable bonds is 5. The molecule has 0 saturated heterocycles. The smallest absolute Gasteiger partial charge is 0.223 e. The van der Waals surface area contributed by atoms with Gasteiger partial charge in [0.25, 0.3) is 0 Å². The number of ketones is 2. The molecule has 0 atom stereocenters. The topological polar surface area (TPSA) is 110 Å². The molecule has 2 amide bonds. The first-order valence-electron chi connectivity index (χ1n) is 7.03. The van der Waals surface area contributed by atoms with E-state index in [0.29, 0.717) is 0 Å². The van der Waals surface area contributed by atoms with Gasteiger partial charge in [-0.25, -0.2) is 0 Å². The van der Waals surface area contributed by atoms with E-state index in [9.17, 15) is 19.2 Å². The Bertz CT molecular complexity index is 737. The average molecular weight is 315 g/mol. The van der Waals surface area contributed by atoms with Crippen molar-refractivity contribution >= 4 is 23.4 Å². The molecule has 3 N–H and O–H groups in total. The second-order valence-corrected chi connectivity index (χ2v) is 5.15. The van der Waals surface area contributed by atoms with Crippen LogP contribution in [0.5, 0.6) is 0 Å². The molecule has 0 aromatic heterocycles. The Morgan fingerprint density at radius 3 is 2.22 bits per heavy atom. The summed E-state index contributed by atoms with van der Waals surface area (Å²) in [5.74, 6) is -1.73. The zero-order valence-corrected chi connectivity index (χ0v) is 12.9. The Morgan fingerprint density at radius 1 is 1.13 bits per heavy atom. The Kier molecular flexibility index (Phi) is 4.59. The lowest BCUT2D eigenvalue weighted by Gasteiger charge is -2.26. The van der Waals surface area contributed by atoms with Crippen LogP contribution in [-0.4, -0.2) is 41.9 Å². The SMILES string of the molecule is CC(=O)N(C)C1=C(NCCC(N)=O)C(=O)c2ccccc2C1=O. The van der Waals surface area contributed by atoms with Crippen molar-refractivity contribution in [3.8, 4) is 0 Å². The molecule has 0 fully saturated rings. The van der Waals surface area contributed by atoms with Crippen LogP contribution in [-0.2, 0) is 9.59 Å². The van der Waals surface area contributed by atoms with Gasteiger partial charge in [0.15, 0.2) is 0 Å². The van der Waals surface area contributed by atoms with Gasteiger partial charge in [-0.3, -0.25) is 19.2 Å². The van der Waals surface area contributed by atoms with Crippen molar-refractivity contribution in [2.45, 2.75) is 13.3 Å². The molecule has 0 aliphatic heterocycles. The average Bonchev–Trinajstić information content (AvgIpc) is 2.51. The molecule has 0 radical (unpaired) electrons. The highest BCUT2D eigenvalue weighted by Gasteiger charge is 2.35. The number of nitrogens with one attached hydrogen (secondary N) is 1. The third kappa shape index (κ3) is 3.13. The number of amides is 2. The number of fused-ring (bicyclic) bond motifs is 1. The number of hydrogen-bond acceptors (Lipinski definition) is 5. The lowest BCUT2D eigenvalue weighted by molar-refractivity contribution is -0.125. The minimum absolute atomic E-state index is 0.00365. The number of benzene rings is 1. The van der Waals surface area contributed by atoms with Gasteiger partial charge >= 0.3 is 0 Å². The highest BCUT2D eigenvalue weighted by molar-refractivity contribution is 6.27. The van der Waals surface area contributed by atoms with Crippen molar-refractivity contribution in [2.75, 3.05) is 13.6 Å². The highest BCUT2D eigenvalue weighted by Crippen LogP contribution is 2.26. The van der Waals surface area contributed by atoms with Gasteiger partial charge in [0, 0.05) is 38.1 Å². The van der Waals surface area contributed by atoms with Gasteiger partial charge in [0.1, 0.15) is 11.4 Å². The summed E-state index contributed by atoms with van der Waals surface area (Å²) in [6.07, 6.45) is 0.00365. The summed E-state index contributed by atoms with van der Waals surface area (Å²) in [7, 11) is 1.42. The first kappa shape index (κ1) is 16.4. The fourth-order valence-electron chi connectivity index (χ4n) is 2.31. The first-order chi connectivity index (χ1) is 10.8. The number of nitrogens with zero attached hydrogens (tertiary/aromatic N) is 1. The van der Waals surface area contributed by atoms with Crippen LogP contribution in [0.1, 0.15) is 34.1 Å². The van der Waals surface area contributed by atoms with Crippen molar-refractivity contribution in [1.29, 1.82) is 0 Å². The Balaban J connectivity index is 2.50. The maximum absolute atomic E-state index is 12.7. The molecule has 0 unspecified atom stereocenters. The number of likely N-dealkylation sites (N-methyl/N-ethyl adjacent to an activating group) is 1. The molecule has 23 heavy (non-hydrogen) atoms. The second-order valence-electron chi connectivity index (χ2n) is 5.15. The molecule has 0 saturated carbocycles. The summed E-state index contributed by atoms with van der Waals surface area (Å²) in [5, 5.41) is 2.77. The highest BCUT2D eigenvalue weighted by atomic mass is 16.2. The number of carbonyl (C=O) groups is 4. The normalized spacial score (nSPS) is 13.7. The summed E-state index contributed by atoms with van der Waals surface area (Å²) in [6, 6.07) is 6.41. The third-order valence-corrected chi connectivity index (χ3v) is 3.58.